The van der Waals surface area contributed by atoms with Gasteiger partial charge in [-0.25, -0.2) is 4.90 Å². The third-order valence-electron chi connectivity index (χ3n) is 6.90. The van der Waals surface area contributed by atoms with Gasteiger partial charge < -0.3 is 15.1 Å². The number of rotatable bonds is 5. The molecule has 0 spiro atoms. The van der Waals surface area contributed by atoms with E-state index in [0.29, 0.717) is 22.5 Å². The van der Waals surface area contributed by atoms with Crippen molar-refractivity contribution in [3.05, 3.63) is 95.2 Å². The molecule has 2 heterocycles. The van der Waals surface area contributed by atoms with Crippen LogP contribution >= 0.6 is 0 Å². The van der Waals surface area contributed by atoms with Crippen molar-refractivity contribution in [1.29, 1.82) is 0 Å². The number of carbonyl (C=O) groups is 2. The highest BCUT2D eigenvalue weighted by molar-refractivity contribution is 6.46. The number of piperazine rings is 1. The third-order valence-corrected chi connectivity index (χ3v) is 6.90. The van der Waals surface area contributed by atoms with Crippen LogP contribution in [0.4, 0.5) is 17.1 Å². The van der Waals surface area contributed by atoms with Gasteiger partial charge in [0.05, 0.1) is 11.3 Å². The fraction of sp³-hybridized carbons (Fsp3) is 0.241. The maximum absolute atomic E-state index is 13.6. The smallest absolute Gasteiger partial charge is 0.282 e. The van der Waals surface area contributed by atoms with Crippen LogP contribution in [0.15, 0.2) is 78.5 Å². The molecule has 2 amide bonds. The van der Waals surface area contributed by atoms with Gasteiger partial charge in [-0.3, -0.25) is 9.59 Å². The van der Waals surface area contributed by atoms with E-state index in [1.165, 1.54) is 4.90 Å². The molecule has 1 saturated heterocycles. The number of hydrogen-bond donors (Lipinski definition) is 1. The molecule has 0 saturated carbocycles. The highest BCUT2D eigenvalue weighted by Crippen LogP contribution is 2.34. The van der Waals surface area contributed by atoms with Gasteiger partial charge in [0.15, 0.2) is 0 Å². The van der Waals surface area contributed by atoms with Crippen LogP contribution in [0, 0.1) is 13.8 Å². The fourth-order valence-electron chi connectivity index (χ4n) is 4.58. The molecule has 3 aromatic carbocycles. The quantitative estimate of drug-likeness (QED) is 0.563. The van der Waals surface area contributed by atoms with E-state index in [1.54, 1.807) is 0 Å². The van der Waals surface area contributed by atoms with Crippen LogP contribution in [0.2, 0.25) is 0 Å². The standard InChI is InChI=1S/C29H30N4O2/c1-20-9-12-25(19-21(20)2)33-28(34)26(22-7-5-4-6-8-22)27(29(33)35)30-23-10-13-24(14-11-23)32-17-15-31(3)16-18-32/h4-14,19,30H,15-18H2,1-3H3. The predicted octanol–water partition coefficient (Wildman–Crippen LogP) is 4.45. The molecular formula is C29H30N4O2. The summed E-state index contributed by atoms with van der Waals surface area (Å²) in [6.07, 6.45) is 0. The summed E-state index contributed by atoms with van der Waals surface area (Å²) in [5, 5.41) is 3.27. The average Bonchev–Trinajstić information content (AvgIpc) is 3.11. The van der Waals surface area contributed by atoms with Gasteiger partial charge in [-0.05, 0) is 74.0 Å². The number of aryl methyl sites for hydroxylation is 2. The number of hydrogen-bond acceptors (Lipinski definition) is 5. The number of nitrogens with zero attached hydrogens (tertiary/aromatic N) is 3. The molecule has 3 aromatic rings. The lowest BCUT2D eigenvalue weighted by Gasteiger charge is -2.34. The second kappa shape index (κ2) is 9.39. The Morgan fingerprint density at radius 1 is 0.714 bits per heavy atom. The fourth-order valence-corrected chi connectivity index (χ4v) is 4.58. The van der Waals surface area contributed by atoms with Crippen LogP contribution in [0.25, 0.3) is 5.57 Å². The van der Waals surface area contributed by atoms with Gasteiger partial charge >= 0.3 is 0 Å². The first-order chi connectivity index (χ1) is 16.9. The zero-order chi connectivity index (χ0) is 24.5. The molecular weight excluding hydrogens is 436 g/mol. The van der Waals surface area contributed by atoms with E-state index < -0.39 is 0 Å². The zero-order valence-corrected chi connectivity index (χ0v) is 20.4. The van der Waals surface area contributed by atoms with Crippen molar-refractivity contribution in [1.82, 2.24) is 4.90 Å². The maximum Gasteiger partial charge on any atom is 0.282 e. The highest BCUT2D eigenvalue weighted by atomic mass is 16.2. The Morgan fingerprint density at radius 2 is 1.37 bits per heavy atom. The Bertz CT molecular complexity index is 1290. The lowest BCUT2D eigenvalue weighted by molar-refractivity contribution is -0.120. The molecule has 35 heavy (non-hydrogen) atoms. The average molecular weight is 467 g/mol. The molecule has 0 aliphatic carbocycles. The number of imide groups is 1. The van der Waals surface area contributed by atoms with E-state index in [-0.39, 0.29) is 11.8 Å². The minimum absolute atomic E-state index is 0.298. The van der Waals surface area contributed by atoms with E-state index in [0.717, 1.165) is 48.7 Å². The lowest BCUT2D eigenvalue weighted by atomic mass is 10.0. The van der Waals surface area contributed by atoms with Crippen molar-refractivity contribution in [2.24, 2.45) is 0 Å². The predicted molar refractivity (Wildman–Crippen MR) is 142 cm³/mol. The van der Waals surface area contributed by atoms with E-state index in [9.17, 15) is 9.59 Å². The Hall–Kier alpha value is -3.90. The van der Waals surface area contributed by atoms with Gasteiger partial charge in [-0.1, -0.05) is 36.4 Å². The van der Waals surface area contributed by atoms with Crippen LogP contribution in [0.5, 0.6) is 0 Å². The summed E-state index contributed by atoms with van der Waals surface area (Å²) < 4.78 is 0. The summed E-state index contributed by atoms with van der Waals surface area (Å²) in [6.45, 7) is 8.06. The third kappa shape index (κ3) is 4.45. The molecule has 2 aliphatic heterocycles. The molecule has 0 atom stereocenters. The van der Waals surface area contributed by atoms with Crippen LogP contribution in [0.3, 0.4) is 0 Å². The first kappa shape index (κ1) is 22.9. The number of amides is 2. The van der Waals surface area contributed by atoms with Gasteiger partial charge in [0.1, 0.15) is 5.70 Å². The minimum atomic E-state index is -0.347. The van der Waals surface area contributed by atoms with Crippen LogP contribution < -0.4 is 15.1 Å². The number of carbonyl (C=O) groups excluding carboxylic acids is 2. The number of benzene rings is 3. The minimum Gasteiger partial charge on any atom is -0.369 e. The lowest BCUT2D eigenvalue weighted by Crippen LogP contribution is -2.44. The van der Waals surface area contributed by atoms with Crippen LogP contribution in [-0.4, -0.2) is 49.9 Å². The largest absolute Gasteiger partial charge is 0.369 e. The van der Waals surface area contributed by atoms with Gasteiger partial charge in [-0.15, -0.1) is 0 Å². The molecule has 0 bridgehead atoms. The Kier molecular flexibility index (Phi) is 6.14. The van der Waals surface area contributed by atoms with E-state index >= 15 is 0 Å². The first-order valence-corrected chi connectivity index (χ1v) is 12.0. The Morgan fingerprint density at radius 3 is 2.03 bits per heavy atom. The zero-order valence-electron chi connectivity index (χ0n) is 20.4. The van der Waals surface area contributed by atoms with Gasteiger partial charge in [-0.2, -0.15) is 0 Å². The van der Waals surface area contributed by atoms with E-state index in [4.69, 9.17) is 0 Å². The molecule has 178 valence electrons. The van der Waals surface area contributed by atoms with Crippen molar-refractivity contribution < 1.29 is 9.59 Å². The summed E-state index contributed by atoms with van der Waals surface area (Å²) in [6, 6.07) is 23.1. The van der Waals surface area contributed by atoms with Crippen molar-refractivity contribution in [2.45, 2.75) is 13.8 Å². The van der Waals surface area contributed by atoms with E-state index in [2.05, 4.69) is 34.3 Å². The summed E-state index contributed by atoms with van der Waals surface area (Å²) in [5.74, 6) is -0.665. The van der Waals surface area contributed by atoms with E-state index in [1.807, 2.05) is 74.5 Å². The van der Waals surface area contributed by atoms with Gasteiger partial charge in [0.2, 0.25) is 0 Å². The summed E-state index contributed by atoms with van der Waals surface area (Å²) >= 11 is 0. The van der Waals surface area contributed by atoms with Crippen molar-refractivity contribution in [3.8, 4) is 0 Å². The van der Waals surface area contributed by atoms with Crippen molar-refractivity contribution >= 4 is 34.4 Å². The first-order valence-electron chi connectivity index (χ1n) is 12.0. The Labute approximate surface area is 206 Å². The number of likely N-dealkylation sites (N-methyl/N-ethyl adjacent to an activating group) is 1. The summed E-state index contributed by atoms with van der Waals surface area (Å²) in [5.41, 5.74) is 6.06. The van der Waals surface area contributed by atoms with Crippen molar-refractivity contribution in [3.63, 3.8) is 0 Å². The molecule has 6 heteroatoms. The molecule has 0 unspecified atom stereocenters. The van der Waals surface area contributed by atoms with Gasteiger partial charge in [0.25, 0.3) is 11.8 Å². The summed E-state index contributed by atoms with van der Waals surface area (Å²) in [4.78, 5) is 33.2. The maximum atomic E-state index is 13.6. The Balaban J connectivity index is 1.47. The molecule has 5 rings (SSSR count). The second-order valence-electron chi connectivity index (χ2n) is 9.29. The molecule has 1 fully saturated rings. The molecule has 0 aromatic heterocycles. The number of nitrogens with one attached hydrogen (secondary N) is 1. The van der Waals surface area contributed by atoms with Crippen LogP contribution in [0.1, 0.15) is 16.7 Å². The normalized spacial score (nSPS) is 16.9. The summed E-state index contributed by atoms with van der Waals surface area (Å²) in [7, 11) is 2.14. The highest BCUT2D eigenvalue weighted by Gasteiger charge is 2.40. The molecule has 1 N–H and O–H groups in total. The monoisotopic (exact) mass is 466 g/mol. The SMILES string of the molecule is Cc1ccc(N2C(=O)C(Nc3ccc(N4CCN(C)CC4)cc3)=C(c3ccccc3)C2=O)cc1C. The topological polar surface area (TPSA) is 55.9 Å². The molecule has 0 radical (unpaired) electrons. The van der Waals surface area contributed by atoms with Crippen LogP contribution in [-0.2, 0) is 9.59 Å². The van der Waals surface area contributed by atoms with Crippen molar-refractivity contribution in [2.75, 3.05) is 48.3 Å². The molecule has 6 nitrogen and oxygen atoms in total. The number of anilines is 3. The second-order valence-corrected chi connectivity index (χ2v) is 9.29. The molecule has 2 aliphatic rings. The van der Waals surface area contributed by atoms with Gasteiger partial charge in [0, 0.05) is 37.6 Å².